The molecule has 0 saturated carbocycles. The van der Waals surface area contributed by atoms with Crippen molar-refractivity contribution in [2.24, 2.45) is 0 Å². The van der Waals surface area contributed by atoms with Crippen molar-refractivity contribution in [2.45, 2.75) is 24.3 Å². The fourth-order valence-corrected chi connectivity index (χ4v) is 4.39. The summed E-state index contributed by atoms with van der Waals surface area (Å²) in [5.41, 5.74) is 5.49. The number of hydrogen-bond acceptors (Lipinski definition) is 4. The van der Waals surface area contributed by atoms with Gasteiger partial charge in [-0.1, -0.05) is 66.4 Å². The van der Waals surface area contributed by atoms with E-state index in [1.807, 2.05) is 36.5 Å². The summed E-state index contributed by atoms with van der Waals surface area (Å²) < 4.78 is 4.23. The summed E-state index contributed by atoms with van der Waals surface area (Å²) in [6.07, 6.45) is 4.86. The lowest BCUT2D eigenvalue weighted by atomic mass is 10.1. The van der Waals surface area contributed by atoms with Gasteiger partial charge in [-0.3, -0.25) is 4.57 Å². The zero-order valence-electron chi connectivity index (χ0n) is 16.6. The van der Waals surface area contributed by atoms with E-state index in [1.165, 1.54) is 11.1 Å². The molecule has 0 saturated heterocycles. The van der Waals surface area contributed by atoms with E-state index >= 15 is 0 Å². The molecule has 0 unspecified atom stereocenters. The molecule has 30 heavy (non-hydrogen) atoms. The molecule has 5 aromatic rings. The van der Waals surface area contributed by atoms with Crippen molar-refractivity contribution in [2.75, 3.05) is 0 Å². The maximum Gasteiger partial charge on any atom is 0.196 e. The highest BCUT2D eigenvalue weighted by Gasteiger charge is 2.16. The van der Waals surface area contributed by atoms with E-state index < -0.39 is 0 Å². The van der Waals surface area contributed by atoms with Crippen molar-refractivity contribution in [3.8, 4) is 5.69 Å². The number of pyridine rings is 1. The Kier molecular flexibility index (Phi) is 5.07. The van der Waals surface area contributed by atoms with E-state index in [-0.39, 0.29) is 0 Å². The molecule has 0 radical (unpaired) electrons. The minimum Gasteiger partial charge on any atom is -0.307 e. The van der Waals surface area contributed by atoms with Crippen LogP contribution >= 0.6 is 11.8 Å². The molecule has 3 heterocycles. The van der Waals surface area contributed by atoms with E-state index in [1.54, 1.807) is 11.8 Å². The molecule has 0 amide bonds. The third kappa shape index (κ3) is 3.74. The molecule has 6 heteroatoms. The number of nitrogens with zero attached hydrogens (tertiary/aromatic N) is 5. The van der Waals surface area contributed by atoms with Crippen molar-refractivity contribution < 1.29 is 0 Å². The summed E-state index contributed by atoms with van der Waals surface area (Å²) in [6.45, 7) is 2.08. The second kappa shape index (κ2) is 8.16. The van der Waals surface area contributed by atoms with Gasteiger partial charge in [-0.25, -0.2) is 4.98 Å². The topological polar surface area (TPSA) is 48.0 Å². The Balaban J connectivity index is 1.46. The van der Waals surface area contributed by atoms with Gasteiger partial charge < -0.3 is 4.40 Å². The van der Waals surface area contributed by atoms with Gasteiger partial charge in [-0.2, -0.15) is 0 Å². The van der Waals surface area contributed by atoms with E-state index in [0.29, 0.717) is 0 Å². The van der Waals surface area contributed by atoms with Gasteiger partial charge >= 0.3 is 0 Å². The first-order valence-corrected chi connectivity index (χ1v) is 10.9. The average molecular weight is 412 g/mol. The molecule has 0 N–H and O–H groups in total. The molecular weight excluding hydrogens is 390 g/mol. The molecule has 5 nitrogen and oxygen atoms in total. The molecule has 0 bridgehead atoms. The van der Waals surface area contributed by atoms with E-state index in [2.05, 4.69) is 74.8 Å². The van der Waals surface area contributed by atoms with Gasteiger partial charge in [0.1, 0.15) is 11.5 Å². The molecule has 148 valence electrons. The zero-order chi connectivity index (χ0) is 20.3. The second-order valence-electron chi connectivity index (χ2n) is 7.18. The first-order valence-electron chi connectivity index (χ1n) is 9.87. The van der Waals surface area contributed by atoms with Crippen LogP contribution in [-0.2, 0) is 12.2 Å². The minimum atomic E-state index is 0.733. The number of aryl methyl sites for hydroxylation is 1. The van der Waals surface area contributed by atoms with Crippen LogP contribution in [0.3, 0.4) is 0 Å². The van der Waals surface area contributed by atoms with E-state index in [4.69, 9.17) is 4.98 Å². The Labute approximate surface area is 179 Å². The highest BCUT2D eigenvalue weighted by Crippen LogP contribution is 2.26. The molecule has 5 rings (SSSR count). The highest BCUT2D eigenvalue weighted by atomic mass is 32.2. The zero-order valence-corrected chi connectivity index (χ0v) is 17.5. The van der Waals surface area contributed by atoms with Gasteiger partial charge in [0.15, 0.2) is 5.16 Å². The van der Waals surface area contributed by atoms with Crippen molar-refractivity contribution in [1.82, 2.24) is 24.1 Å². The van der Waals surface area contributed by atoms with Gasteiger partial charge in [0.25, 0.3) is 0 Å². The monoisotopic (exact) mass is 411 g/mol. The summed E-state index contributed by atoms with van der Waals surface area (Å²) >= 11 is 1.66. The third-order valence-corrected chi connectivity index (χ3v) is 5.96. The normalized spacial score (nSPS) is 11.2. The van der Waals surface area contributed by atoms with Crippen LogP contribution in [0.1, 0.15) is 22.6 Å². The van der Waals surface area contributed by atoms with Crippen LogP contribution < -0.4 is 0 Å². The number of thioether (sulfide) groups is 1. The summed E-state index contributed by atoms with van der Waals surface area (Å²) in [4.78, 5) is 4.79. The molecule has 0 aliphatic heterocycles. The highest BCUT2D eigenvalue weighted by molar-refractivity contribution is 7.98. The van der Waals surface area contributed by atoms with Gasteiger partial charge in [0, 0.05) is 30.3 Å². The fraction of sp³-hybridized carbons (Fsp3) is 0.125. The van der Waals surface area contributed by atoms with Gasteiger partial charge in [-0.15, -0.1) is 10.2 Å². The molecule has 0 atom stereocenters. The first kappa shape index (κ1) is 18.6. The molecule has 0 aliphatic carbocycles. The number of fused-ring (bicyclic) bond motifs is 1. The van der Waals surface area contributed by atoms with Crippen LogP contribution in [0.15, 0.2) is 90.3 Å². The number of imidazole rings is 1. The van der Waals surface area contributed by atoms with Crippen LogP contribution in [0.25, 0.3) is 11.3 Å². The quantitative estimate of drug-likeness (QED) is 0.365. The van der Waals surface area contributed by atoms with Crippen molar-refractivity contribution in [3.63, 3.8) is 0 Å². The summed E-state index contributed by atoms with van der Waals surface area (Å²) in [5.74, 6) is 1.66. The number of rotatable bonds is 6. The minimum absolute atomic E-state index is 0.733. The van der Waals surface area contributed by atoms with Crippen LogP contribution in [0, 0.1) is 6.92 Å². The summed E-state index contributed by atoms with van der Waals surface area (Å²) in [7, 11) is 0. The van der Waals surface area contributed by atoms with Crippen LogP contribution in [-0.4, -0.2) is 24.1 Å². The smallest absolute Gasteiger partial charge is 0.196 e. The van der Waals surface area contributed by atoms with Crippen molar-refractivity contribution >= 4 is 17.4 Å². The predicted molar refractivity (Wildman–Crippen MR) is 120 cm³/mol. The Morgan fingerprint density at radius 3 is 2.40 bits per heavy atom. The summed E-state index contributed by atoms with van der Waals surface area (Å²) in [5, 5.41) is 9.92. The Bertz CT molecular complexity index is 1280. The Morgan fingerprint density at radius 1 is 0.867 bits per heavy atom. The number of hydrogen-bond donors (Lipinski definition) is 0. The molecule has 2 aromatic carbocycles. The lowest BCUT2D eigenvalue weighted by Crippen LogP contribution is -2.03. The van der Waals surface area contributed by atoms with Crippen molar-refractivity contribution in [3.05, 3.63) is 108 Å². The van der Waals surface area contributed by atoms with Crippen LogP contribution in [0.2, 0.25) is 0 Å². The number of aromatic nitrogens is 5. The maximum absolute atomic E-state index is 4.79. The lowest BCUT2D eigenvalue weighted by Gasteiger charge is -2.10. The molecule has 0 spiro atoms. The molecule has 0 fully saturated rings. The number of benzene rings is 2. The van der Waals surface area contributed by atoms with Crippen LogP contribution in [0.5, 0.6) is 0 Å². The van der Waals surface area contributed by atoms with Crippen LogP contribution in [0.4, 0.5) is 0 Å². The van der Waals surface area contributed by atoms with Gasteiger partial charge in [0.2, 0.25) is 0 Å². The van der Waals surface area contributed by atoms with Crippen molar-refractivity contribution in [1.29, 1.82) is 0 Å². The molecule has 0 aliphatic rings. The maximum atomic E-state index is 4.79. The van der Waals surface area contributed by atoms with E-state index in [0.717, 1.165) is 40.2 Å². The molecular formula is C24H21N5S. The Morgan fingerprint density at radius 2 is 1.63 bits per heavy atom. The number of para-hydroxylation sites is 1. The van der Waals surface area contributed by atoms with Gasteiger partial charge in [0.05, 0.1) is 5.69 Å². The lowest BCUT2D eigenvalue weighted by molar-refractivity contribution is 0.847. The third-order valence-electron chi connectivity index (χ3n) is 5.00. The fourth-order valence-electron chi connectivity index (χ4n) is 3.54. The Hall–Kier alpha value is -3.38. The van der Waals surface area contributed by atoms with Gasteiger partial charge in [-0.05, 0) is 36.2 Å². The largest absolute Gasteiger partial charge is 0.307 e. The first-order chi connectivity index (χ1) is 14.8. The summed E-state index contributed by atoms with van der Waals surface area (Å²) in [6, 6.07) is 24.8. The molecule has 3 aromatic heterocycles. The average Bonchev–Trinajstić information content (AvgIpc) is 3.38. The van der Waals surface area contributed by atoms with E-state index in [9.17, 15) is 0 Å². The second-order valence-corrected chi connectivity index (χ2v) is 8.12. The predicted octanol–water partition coefficient (Wildman–Crippen LogP) is 5.11. The standard InChI is InChI=1S/C24H21N5S/c1-18-9-8-14-28-16-20(25-23(18)28)17-30-24-27-26-22(15-19-10-4-2-5-11-19)29(24)21-12-6-3-7-13-21/h2-14,16H,15,17H2,1H3. The SMILES string of the molecule is Cc1cccn2cc(CSc3nnc(Cc4ccccc4)n3-c3ccccc3)nc12.